The summed E-state index contributed by atoms with van der Waals surface area (Å²) in [6, 6.07) is 3.43. The molecule has 0 saturated carbocycles. The van der Waals surface area contributed by atoms with Gasteiger partial charge in [0.15, 0.2) is 17.7 Å². The van der Waals surface area contributed by atoms with Gasteiger partial charge in [0.1, 0.15) is 0 Å². The molecule has 0 spiro atoms. The Labute approximate surface area is 109 Å². The highest BCUT2D eigenvalue weighted by Crippen LogP contribution is 2.36. The predicted molar refractivity (Wildman–Crippen MR) is 67.0 cm³/mol. The molecule has 17 heavy (non-hydrogen) atoms. The maximum absolute atomic E-state index is 10.0. The van der Waals surface area contributed by atoms with Crippen LogP contribution in [-0.4, -0.2) is 38.5 Å². The van der Waals surface area contributed by atoms with Gasteiger partial charge in [-0.2, -0.15) is 5.06 Å². The zero-order chi connectivity index (χ0) is 13.0. The summed E-state index contributed by atoms with van der Waals surface area (Å²) in [5.41, 5.74) is 0.631. The highest BCUT2D eigenvalue weighted by atomic mass is 79.9. The van der Waals surface area contributed by atoms with Gasteiger partial charge in [-0.1, -0.05) is 15.9 Å². The van der Waals surface area contributed by atoms with Gasteiger partial charge < -0.3 is 14.6 Å². The average molecular weight is 306 g/mol. The van der Waals surface area contributed by atoms with Crippen LogP contribution in [0.1, 0.15) is 11.8 Å². The van der Waals surface area contributed by atoms with Crippen molar-refractivity contribution >= 4 is 15.9 Å². The van der Waals surface area contributed by atoms with Crippen LogP contribution in [0.3, 0.4) is 0 Å². The maximum Gasteiger partial charge on any atom is 0.161 e. The van der Waals surface area contributed by atoms with Crippen LogP contribution in [0.5, 0.6) is 11.5 Å². The van der Waals surface area contributed by atoms with E-state index in [4.69, 9.17) is 14.3 Å². The summed E-state index contributed by atoms with van der Waals surface area (Å²) >= 11 is 3.37. The summed E-state index contributed by atoms with van der Waals surface area (Å²) in [5.74, 6) is 1.14. The molecule has 0 amide bonds. The van der Waals surface area contributed by atoms with Gasteiger partial charge in [-0.05, 0) is 12.1 Å². The van der Waals surface area contributed by atoms with Crippen LogP contribution in [0.2, 0.25) is 0 Å². The number of nitrogens with zero attached hydrogens (tertiary/aromatic N) is 1. The molecule has 0 aliphatic rings. The number of halogens is 1. The lowest BCUT2D eigenvalue weighted by atomic mass is 10.1. The number of methoxy groups -OCH3 is 2. The van der Waals surface area contributed by atoms with Crippen molar-refractivity contribution in [1.29, 1.82) is 0 Å². The van der Waals surface area contributed by atoms with Crippen molar-refractivity contribution in [2.75, 3.05) is 28.4 Å². The van der Waals surface area contributed by atoms with Crippen LogP contribution < -0.4 is 9.47 Å². The number of hydrogen-bond donors (Lipinski definition) is 1. The summed E-state index contributed by atoms with van der Waals surface area (Å²) in [6.07, 6.45) is -0.894. The molecule has 0 fully saturated rings. The molecule has 1 N–H and O–H groups in total. The molecule has 0 saturated heterocycles. The van der Waals surface area contributed by atoms with Gasteiger partial charge >= 0.3 is 0 Å². The van der Waals surface area contributed by atoms with Crippen LogP contribution in [0.25, 0.3) is 0 Å². The first-order valence-electron chi connectivity index (χ1n) is 4.91. The first-order valence-corrected chi connectivity index (χ1v) is 5.70. The number of aliphatic hydroxyl groups excluding tert-OH is 1. The Morgan fingerprint density at radius 2 is 1.71 bits per heavy atom. The molecule has 5 nitrogen and oxygen atoms in total. The first kappa shape index (κ1) is 14.2. The second kappa shape index (κ2) is 6.20. The van der Waals surface area contributed by atoms with E-state index in [9.17, 15) is 5.11 Å². The highest BCUT2D eigenvalue weighted by molar-refractivity contribution is 9.10. The van der Waals surface area contributed by atoms with E-state index in [0.29, 0.717) is 21.5 Å². The Morgan fingerprint density at radius 1 is 1.18 bits per heavy atom. The fourth-order valence-electron chi connectivity index (χ4n) is 1.36. The number of hydrogen-bond acceptors (Lipinski definition) is 5. The van der Waals surface area contributed by atoms with E-state index in [2.05, 4.69) is 15.9 Å². The summed E-state index contributed by atoms with van der Waals surface area (Å²) < 4.78 is 11.1. The van der Waals surface area contributed by atoms with Crippen molar-refractivity contribution in [1.82, 2.24) is 5.06 Å². The van der Waals surface area contributed by atoms with E-state index in [1.807, 2.05) is 0 Å². The second-order valence-corrected chi connectivity index (χ2v) is 4.19. The van der Waals surface area contributed by atoms with E-state index >= 15 is 0 Å². The predicted octanol–water partition coefficient (Wildman–Crippen LogP) is 1.95. The van der Waals surface area contributed by atoms with Gasteiger partial charge in [-0.3, -0.25) is 4.84 Å². The molecule has 96 valence electrons. The zero-order valence-electron chi connectivity index (χ0n) is 10.2. The molecule has 0 aromatic heterocycles. The van der Waals surface area contributed by atoms with E-state index in [0.717, 1.165) is 0 Å². The van der Waals surface area contributed by atoms with Crippen molar-refractivity contribution < 1.29 is 19.4 Å². The minimum Gasteiger partial charge on any atom is -0.493 e. The molecule has 0 heterocycles. The molecule has 6 heteroatoms. The standard InChI is InChI=1S/C11H16BrNO4/c1-13(17-4)11(14)7-5-9(15-2)10(16-3)6-8(7)12/h5-6,11,14H,1-4H3. The monoisotopic (exact) mass is 305 g/mol. The second-order valence-electron chi connectivity index (χ2n) is 3.33. The van der Waals surface area contributed by atoms with Gasteiger partial charge in [0.25, 0.3) is 0 Å². The topological polar surface area (TPSA) is 51.2 Å². The van der Waals surface area contributed by atoms with Crippen molar-refractivity contribution in [2.45, 2.75) is 6.23 Å². The fraction of sp³-hybridized carbons (Fsp3) is 0.455. The van der Waals surface area contributed by atoms with Crippen LogP contribution in [0.4, 0.5) is 0 Å². The largest absolute Gasteiger partial charge is 0.493 e. The average Bonchev–Trinajstić information content (AvgIpc) is 2.36. The lowest BCUT2D eigenvalue weighted by Crippen LogP contribution is -2.23. The van der Waals surface area contributed by atoms with Crippen LogP contribution >= 0.6 is 15.9 Å². The van der Waals surface area contributed by atoms with Crippen molar-refractivity contribution in [3.05, 3.63) is 22.2 Å². The van der Waals surface area contributed by atoms with Gasteiger partial charge in [0.05, 0.1) is 21.3 Å². The number of hydroxylamine groups is 2. The zero-order valence-corrected chi connectivity index (χ0v) is 11.8. The normalized spacial score (nSPS) is 12.6. The lowest BCUT2D eigenvalue weighted by molar-refractivity contribution is -0.206. The number of aliphatic hydroxyl groups is 1. The van der Waals surface area contributed by atoms with E-state index in [1.165, 1.54) is 12.2 Å². The molecular formula is C11H16BrNO4. The van der Waals surface area contributed by atoms with Crippen LogP contribution in [0, 0.1) is 0 Å². The molecule has 1 aromatic rings. The van der Waals surface area contributed by atoms with Crippen molar-refractivity contribution in [3.8, 4) is 11.5 Å². The minimum atomic E-state index is -0.894. The summed E-state index contributed by atoms with van der Waals surface area (Å²) in [6.45, 7) is 0. The van der Waals surface area contributed by atoms with Crippen LogP contribution in [-0.2, 0) is 4.84 Å². The SMILES string of the molecule is COc1cc(Br)c(C(O)N(C)OC)cc1OC. The molecule has 0 radical (unpaired) electrons. The number of benzene rings is 1. The Bertz CT molecular complexity index is 386. The van der Waals surface area contributed by atoms with Gasteiger partial charge in [-0.15, -0.1) is 0 Å². The lowest BCUT2D eigenvalue weighted by Gasteiger charge is -2.23. The van der Waals surface area contributed by atoms with Gasteiger partial charge in [-0.25, -0.2) is 0 Å². The minimum absolute atomic E-state index is 0.550. The third-order valence-electron chi connectivity index (χ3n) is 2.41. The Kier molecular flexibility index (Phi) is 5.20. The van der Waals surface area contributed by atoms with Crippen molar-refractivity contribution in [3.63, 3.8) is 0 Å². The van der Waals surface area contributed by atoms with E-state index in [-0.39, 0.29) is 0 Å². The molecule has 0 aliphatic heterocycles. The maximum atomic E-state index is 10.0. The number of rotatable bonds is 5. The van der Waals surface area contributed by atoms with Crippen molar-refractivity contribution in [2.24, 2.45) is 0 Å². The Morgan fingerprint density at radius 3 is 2.18 bits per heavy atom. The first-order chi connectivity index (χ1) is 8.04. The van der Waals surface area contributed by atoms with Crippen LogP contribution in [0.15, 0.2) is 16.6 Å². The summed E-state index contributed by atoms with van der Waals surface area (Å²) in [7, 11) is 6.22. The third-order valence-corrected chi connectivity index (χ3v) is 3.10. The quantitative estimate of drug-likeness (QED) is 0.665. The number of ether oxygens (including phenoxy) is 2. The molecule has 1 aromatic carbocycles. The molecule has 1 unspecified atom stereocenters. The molecule has 1 rings (SSSR count). The summed E-state index contributed by atoms with van der Waals surface area (Å²) in [4.78, 5) is 4.94. The Hall–Kier alpha value is -0.820. The molecule has 0 bridgehead atoms. The smallest absolute Gasteiger partial charge is 0.161 e. The Balaban J connectivity index is 3.16. The molecular weight excluding hydrogens is 290 g/mol. The van der Waals surface area contributed by atoms with Gasteiger partial charge in [0.2, 0.25) is 0 Å². The molecule has 1 atom stereocenters. The van der Waals surface area contributed by atoms with E-state index in [1.54, 1.807) is 33.4 Å². The highest BCUT2D eigenvalue weighted by Gasteiger charge is 2.19. The third kappa shape index (κ3) is 3.10. The van der Waals surface area contributed by atoms with E-state index < -0.39 is 6.23 Å². The van der Waals surface area contributed by atoms with Gasteiger partial charge in [0, 0.05) is 17.1 Å². The summed E-state index contributed by atoms with van der Waals surface area (Å²) in [5, 5.41) is 11.4. The fourth-order valence-corrected chi connectivity index (χ4v) is 1.89. The molecule has 0 aliphatic carbocycles.